The summed E-state index contributed by atoms with van der Waals surface area (Å²) >= 11 is 0. The van der Waals surface area contributed by atoms with Crippen molar-refractivity contribution in [3.05, 3.63) is 0 Å². The molecule has 4 heteroatoms. The molecule has 0 spiro atoms. The number of hydrogen-bond donors (Lipinski definition) is 1. The third-order valence-electron chi connectivity index (χ3n) is 2.35. The van der Waals surface area contributed by atoms with E-state index < -0.39 is 11.6 Å². The van der Waals surface area contributed by atoms with Crippen molar-refractivity contribution in [1.82, 2.24) is 10.2 Å². The Morgan fingerprint density at radius 2 is 1.79 bits per heavy atom. The summed E-state index contributed by atoms with van der Waals surface area (Å²) in [7, 11) is 0. The molecular weight excluding hydrogens is 183 g/mol. The van der Waals surface area contributed by atoms with E-state index in [9.17, 15) is 9.18 Å². The normalized spacial score (nSPS) is 29.1. The highest BCUT2D eigenvalue weighted by Gasteiger charge is 2.34. The van der Waals surface area contributed by atoms with Crippen LogP contribution in [0.2, 0.25) is 0 Å². The Bertz CT molecular complexity index is 215. The van der Waals surface area contributed by atoms with Crippen molar-refractivity contribution < 1.29 is 9.18 Å². The quantitative estimate of drug-likeness (QED) is 0.686. The molecule has 0 aromatic rings. The molecule has 2 unspecified atom stereocenters. The summed E-state index contributed by atoms with van der Waals surface area (Å²) < 4.78 is 13.4. The molecule has 1 heterocycles. The number of nitrogens with zero attached hydrogens (tertiary/aromatic N) is 1. The Hall–Kier alpha value is -0.640. The first kappa shape index (κ1) is 11.4. The molecule has 0 aromatic carbocycles. The number of carbonyl (C=O) groups is 1. The van der Waals surface area contributed by atoms with Gasteiger partial charge in [-0.05, 0) is 27.7 Å². The lowest BCUT2D eigenvalue weighted by Crippen LogP contribution is -2.58. The van der Waals surface area contributed by atoms with Gasteiger partial charge in [0, 0.05) is 25.2 Å². The zero-order valence-electron chi connectivity index (χ0n) is 9.30. The van der Waals surface area contributed by atoms with Crippen LogP contribution in [0.5, 0.6) is 0 Å². The molecule has 1 N–H and O–H groups in total. The van der Waals surface area contributed by atoms with Gasteiger partial charge in [0.1, 0.15) is 0 Å². The van der Waals surface area contributed by atoms with Crippen molar-refractivity contribution >= 4 is 5.91 Å². The molecule has 14 heavy (non-hydrogen) atoms. The molecule has 1 fully saturated rings. The molecule has 1 aliphatic heterocycles. The highest BCUT2D eigenvalue weighted by atomic mass is 19.1. The number of carbonyl (C=O) groups excluding carboxylic acids is 1. The molecular formula is C10H19FN2O. The Morgan fingerprint density at radius 3 is 2.14 bits per heavy atom. The van der Waals surface area contributed by atoms with Crippen LogP contribution in [0.3, 0.4) is 0 Å². The van der Waals surface area contributed by atoms with Gasteiger partial charge in [-0.2, -0.15) is 0 Å². The largest absolute Gasteiger partial charge is 0.337 e. The minimum atomic E-state index is -1.75. The van der Waals surface area contributed by atoms with Crippen LogP contribution in [0.15, 0.2) is 0 Å². The maximum absolute atomic E-state index is 13.4. The fraction of sp³-hybridized carbons (Fsp3) is 0.900. The molecule has 1 amide bonds. The van der Waals surface area contributed by atoms with Crippen LogP contribution >= 0.6 is 0 Å². The van der Waals surface area contributed by atoms with Crippen molar-refractivity contribution in [3.8, 4) is 0 Å². The van der Waals surface area contributed by atoms with E-state index in [0.717, 1.165) is 0 Å². The fourth-order valence-electron chi connectivity index (χ4n) is 1.87. The Balaban J connectivity index is 2.64. The molecule has 0 aliphatic carbocycles. The lowest BCUT2D eigenvalue weighted by atomic mass is 10.1. The molecule has 0 radical (unpaired) electrons. The van der Waals surface area contributed by atoms with Gasteiger partial charge in [0.25, 0.3) is 5.91 Å². The van der Waals surface area contributed by atoms with E-state index in [4.69, 9.17) is 0 Å². The number of rotatable bonds is 1. The lowest BCUT2D eigenvalue weighted by molar-refractivity contribution is -0.143. The summed E-state index contributed by atoms with van der Waals surface area (Å²) in [6.45, 7) is 7.81. The minimum absolute atomic E-state index is 0.241. The van der Waals surface area contributed by atoms with Gasteiger partial charge in [-0.25, -0.2) is 4.39 Å². The zero-order chi connectivity index (χ0) is 10.9. The van der Waals surface area contributed by atoms with Crippen LogP contribution in [-0.2, 0) is 4.79 Å². The van der Waals surface area contributed by atoms with Crippen LogP contribution in [-0.4, -0.2) is 41.6 Å². The smallest absolute Gasteiger partial charge is 0.259 e. The lowest BCUT2D eigenvalue weighted by Gasteiger charge is -2.38. The Labute approximate surface area is 84.7 Å². The molecule has 1 aliphatic rings. The summed E-state index contributed by atoms with van der Waals surface area (Å²) in [4.78, 5) is 13.2. The number of alkyl halides is 1. The second-order valence-corrected chi connectivity index (χ2v) is 4.65. The molecule has 0 bridgehead atoms. The third kappa shape index (κ3) is 2.67. The highest BCUT2D eigenvalue weighted by molar-refractivity contribution is 5.84. The summed E-state index contributed by atoms with van der Waals surface area (Å²) in [5, 5.41) is 3.30. The van der Waals surface area contributed by atoms with Crippen LogP contribution in [0.1, 0.15) is 27.7 Å². The number of nitrogens with one attached hydrogen (secondary N) is 1. The van der Waals surface area contributed by atoms with E-state index in [1.165, 1.54) is 13.8 Å². The van der Waals surface area contributed by atoms with Gasteiger partial charge < -0.3 is 10.2 Å². The minimum Gasteiger partial charge on any atom is -0.337 e. The topological polar surface area (TPSA) is 32.3 Å². The predicted octanol–water partition coefficient (Wildman–Crippen LogP) is 0.943. The molecule has 0 aromatic heterocycles. The zero-order valence-corrected chi connectivity index (χ0v) is 9.30. The van der Waals surface area contributed by atoms with Crippen LogP contribution in [0.4, 0.5) is 4.39 Å². The third-order valence-corrected chi connectivity index (χ3v) is 2.35. The predicted molar refractivity (Wildman–Crippen MR) is 53.8 cm³/mol. The monoisotopic (exact) mass is 202 g/mol. The second-order valence-electron chi connectivity index (χ2n) is 4.65. The number of halogens is 1. The first-order valence-electron chi connectivity index (χ1n) is 5.05. The standard InChI is InChI=1S/C10H19FN2O/c1-7-5-13(6-8(2)12-7)9(14)10(3,4)11/h7-8,12H,5-6H2,1-4H3. The van der Waals surface area contributed by atoms with E-state index >= 15 is 0 Å². The molecule has 1 rings (SSSR count). The summed E-state index contributed by atoms with van der Waals surface area (Å²) in [6, 6.07) is 0.482. The SMILES string of the molecule is CC1CN(C(=O)C(C)(C)F)CC(C)N1. The molecule has 0 saturated carbocycles. The van der Waals surface area contributed by atoms with E-state index in [1.54, 1.807) is 4.90 Å². The summed E-state index contributed by atoms with van der Waals surface area (Å²) in [5.41, 5.74) is -1.75. The van der Waals surface area contributed by atoms with Crippen molar-refractivity contribution in [2.24, 2.45) is 0 Å². The first-order chi connectivity index (χ1) is 6.30. The van der Waals surface area contributed by atoms with Gasteiger partial charge >= 0.3 is 0 Å². The Kier molecular flexibility index (Phi) is 3.14. The average Bonchev–Trinajstić information content (AvgIpc) is 1.99. The average molecular weight is 202 g/mol. The van der Waals surface area contributed by atoms with Gasteiger partial charge in [0.2, 0.25) is 0 Å². The van der Waals surface area contributed by atoms with Crippen molar-refractivity contribution in [2.75, 3.05) is 13.1 Å². The van der Waals surface area contributed by atoms with Crippen LogP contribution in [0, 0.1) is 0 Å². The maximum atomic E-state index is 13.4. The second kappa shape index (κ2) is 3.85. The van der Waals surface area contributed by atoms with E-state index in [0.29, 0.717) is 13.1 Å². The van der Waals surface area contributed by atoms with Crippen molar-refractivity contribution in [3.63, 3.8) is 0 Å². The van der Waals surface area contributed by atoms with E-state index in [1.807, 2.05) is 13.8 Å². The highest BCUT2D eigenvalue weighted by Crippen LogP contribution is 2.15. The molecule has 1 saturated heterocycles. The maximum Gasteiger partial charge on any atom is 0.259 e. The van der Waals surface area contributed by atoms with Crippen molar-refractivity contribution in [2.45, 2.75) is 45.4 Å². The summed E-state index contributed by atoms with van der Waals surface area (Å²) in [5.74, 6) is -0.405. The van der Waals surface area contributed by atoms with Crippen LogP contribution < -0.4 is 5.32 Å². The van der Waals surface area contributed by atoms with E-state index in [-0.39, 0.29) is 12.1 Å². The van der Waals surface area contributed by atoms with Gasteiger partial charge in [-0.15, -0.1) is 0 Å². The molecule has 3 nitrogen and oxygen atoms in total. The van der Waals surface area contributed by atoms with Gasteiger partial charge in [0.15, 0.2) is 5.67 Å². The summed E-state index contributed by atoms with van der Waals surface area (Å²) in [6.07, 6.45) is 0. The van der Waals surface area contributed by atoms with E-state index in [2.05, 4.69) is 5.32 Å². The van der Waals surface area contributed by atoms with Crippen LogP contribution in [0.25, 0.3) is 0 Å². The number of amides is 1. The molecule has 82 valence electrons. The van der Waals surface area contributed by atoms with Gasteiger partial charge in [0.05, 0.1) is 0 Å². The molecule has 2 atom stereocenters. The van der Waals surface area contributed by atoms with Crippen molar-refractivity contribution in [1.29, 1.82) is 0 Å². The fourth-order valence-corrected chi connectivity index (χ4v) is 1.87. The van der Waals surface area contributed by atoms with Gasteiger partial charge in [-0.3, -0.25) is 4.79 Å². The van der Waals surface area contributed by atoms with Gasteiger partial charge in [-0.1, -0.05) is 0 Å². The number of hydrogen-bond acceptors (Lipinski definition) is 2. The Morgan fingerprint density at radius 1 is 1.36 bits per heavy atom. The number of piperazine rings is 1. The first-order valence-corrected chi connectivity index (χ1v) is 5.05.